The third-order valence-corrected chi connectivity index (χ3v) is 5.12. The van der Waals surface area contributed by atoms with Gasteiger partial charge in [-0.25, -0.2) is 0 Å². The third-order valence-electron chi connectivity index (χ3n) is 4.15. The maximum atomic E-state index is 4.52. The van der Waals surface area contributed by atoms with E-state index in [0.29, 0.717) is 0 Å². The van der Waals surface area contributed by atoms with Crippen molar-refractivity contribution in [3.05, 3.63) is 54.4 Å². The predicted octanol–water partition coefficient (Wildman–Crippen LogP) is 4.46. The molecule has 1 aliphatic heterocycles. The van der Waals surface area contributed by atoms with E-state index in [1.165, 1.54) is 47.5 Å². The Morgan fingerprint density at radius 1 is 1.09 bits per heavy atom. The van der Waals surface area contributed by atoms with Gasteiger partial charge < -0.3 is 9.88 Å². The highest BCUT2D eigenvalue weighted by Crippen LogP contribution is 2.27. The summed E-state index contributed by atoms with van der Waals surface area (Å²) in [7, 11) is 0. The van der Waals surface area contributed by atoms with Gasteiger partial charge in [0.2, 0.25) is 0 Å². The number of hydrogen-bond donors (Lipinski definition) is 1. The van der Waals surface area contributed by atoms with Crippen LogP contribution in [0.4, 0.5) is 5.69 Å². The van der Waals surface area contributed by atoms with E-state index in [9.17, 15) is 0 Å². The molecule has 0 spiro atoms. The Morgan fingerprint density at radius 2 is 1.95 bits per heavy atom. The molecule has 3 aromatic rings. The molecule has 1 N–H and O–H groups in total. The molecule has 0 radical (unpaired) electrons. The zero-order valence-corrected chi connectivity index (χ0v) is 13.3. The van der Waals surface area contributed by atoms with Crippen molar-refractivity contribution in [3.63, 3.8) is 0 Å². The number of nitrogens with zero attached hydrogens (tertiary/aromatic N) is 2. The lowest BCUT2D eigenvalue weighted by Gasteiger charge is -2.17. The van der Waals surface area contributed by atoms with Crippen molar-refractivity contribution < 1.29 is 0 Å². The second-order valence-electron chi connectivity index (χ2n) is 5.71. The first-order valence-electron chi connectivity index (χ1n) is 7.79. The zero-order valence-electron chi connectivity index (χ0n) is 12.5. The average Bonchev–Trinajstić information content (AvgIpc) is 3.22. The number of para-hydroxylation sites is 1. The summed E-state index contributed by atoms with van der Waals surface area (Å²) < 4.78 is 0. The largest absolute Gasteiger partial charge is 0.371 e. The van der Waals surface area contributed by atoms with E-state index in [1.54, 1.807) is 0 Å². The van der Waals surface area contributed by atoms with Gasteiger partial charge in [0, 0.05) is 41.6 Å². The van der Waals surface area contributed by atoms with Gasteiger partial charge in [-0.05, 0) is 37.1 Å². The van der Waals surface area contributed by atoms with Crippen LogP contribution in [-0.2, 0) is 5.75 Å². The molecule has 112 valence electrons. The lowest BCUT2D eigenvalue weighted by molar-refractivity contribution is 0.949. The first kappa shape index (κ1) is 13.7. The molecule has 1 aromatic carbocycles. The van der Waals surface area contributed by atoms with Gasteiger partial charge in [0.1, 0.15) is 0 Å². The SMILES string of the molecule is c1ccc2[nH]c(SCc3cc(N4CCCC4)ccn3)cc2c1. The standard InChI is InChI=1S/C18H19N3S/c1-2-6-17-14(5-1)11-18(20-17)22-13-15-12-16(7-8-19-15)21-9-3-4-10-21/h1-2,5-8,11-12,20H,3-4,9-10,13H2. The summed E-state index contributed by atoms with van der Waals surface area (Å²) in [6.07, 6.45) is 4.55. The number of aromatic amines is 1. The quantitative estimate of drug-likeness (QED) is 0.722. The molecule has 0 saturated carbocycles. The molecule has 1 saturated heterocycles. The molecule has 22 heavy (non-hydrogen) atoms. The first-order chi connectivity index (χ1) is 10.9. The minimum atomic E-state index is 0.897. The van der Waals surface area contributed by atoms with Crippen molar-refractivity contribution in [2.75, 3.05) is 18.0 Å². The molecule has 2 aromatic heterocycles. The van der Waals surface area contributed by atoms with Crippen molar-refractivity contribution in [1.29, 1.82) is 0 Å². The van der Waals surface area contributed by atoms with Gasteiger partial charge in [0.25, 0.3) is 0 Å². The molecule has 3 nitrogen and oxygen atoms in total. The summed E-state index contributed by atoms with van der Waals surface area (Å²) >= 11 is 1.81. The highest BCUT2D eigenvalue weighted by Gasteiger charge is 2.12. The Morgan fingerprint density at radius 3 is 2.82 bits per heavy atom. The molecule has 0 atom stereocenters. The summed E-state index contributed by atoms with van der Waals surface area (Å²) in [6, 6.07) is 15.0. The molecule has 0 unspecified atom stereocenters. The number of rotatable bonds is 4. The van der Waals surface area contributed by atoms with Gasteiger partial charge in [-0.3, -0.25) is 4.98 Å². The molecular formula is C18H19N3S. The Kier molecular flexibility index (Phi) is 3.77. The minimum absolute atomic E-state index is 0.897. The Hall–Kier alpha value is -1.94. The molecule has 1 aliphatic rings. The molecule has 0 bridgehead atoms. The minimum Gasteiger partial charge on any atom is -0.371 e. The molecule has 4 rings (SSSR count). The van der Waals surface area contributed by atoms with Crippen LogP contribution in [-0.4, -0.2) is 23.1 Å². The van der Waals surface area contributed by atoms with Crippen LogP contribution in [0.3, 0.4) is 0 Å². The van der Waals surface area contributed by atoms with E-state index >= 15 is 0 Å². The third kappa shape index (κ3) is 2.83. The fourth-order valence-corrected chi connectivity index (χ4v) is 3.85. The average molecular weight is 309 g/mol. The van der Waals surface area contributed by atoms with Gasteiger partial charge >= 0.3 is 0 Å². The van der Waals surface area contributed by atoms with Crippen LogP contribution in [0, 0.1) is 0 Å². The number of benzene rings is 1. The van der Waals surface area contributed by atoms with Crippen LogP contribution in [0.2, 0.25) is 0 Å². The summed E-state index contributed by atoms with van der Waals surface area (Å²) in [6.45, 7) is 2.36. The van der Waals surface area contributed by atoms with Gasteiger partial charge in [-0.1, -0.05) is 18.2 Å². The van der Waals surface area contributed by atoms with E-state index in [4.69, 9.17) is 0 Å². The van der Waals surface area contributed by atoms with E-state index < -0.39 is 0 Å². The number of thioether (sulfide) groups is 1. The van der Waals surface area contributed by atoms with Crippen LogP contribution >= 0.6 is 11.8 Å². The van der Waals surface area contributed by atoms with Gasteiger partial charge in [0.05, 0.1) is 10.7 Å². The Labute approximate surface area is 134 Å². The maximum absolute atomic E-state index is 4.52. The molecule has 0 aliphatic carbocycles. The molecule has 3 heterocycles. The topological polar surface area (TPSA) is 31.9 Å². The van der Waals surface area contributed by atoms with Crippen molar-refractivity contribution in [3.8, 4) is 0 Å². The summed E-state index contributed by atoms with van der Waals surface area (Å²) in [5.74, 6) is 0.897. The van der Waals surface area contributed by atoms with Crippen molar-refractivity contribution in [2.45, 2.75) is 23.6 Å². The number of nitrogens with one attached hydrogen (secondary N) is 1. The summed E-state index contributed by atoms with van der Waals surface area (Å²) in [5, 5.41) is 2.47. The molecular weight excluding hydrogens is 290 g/mol. The second-order valence-corrected chi connectivity index (χ2v) is 6.73. The van der Waals surface area contributed by atoms with E-state index in [1.807, 2.05) is 18.0 Å². The number of anilines is 1. The van der Waals surface area contributed by atoms with Crippen LogP contribution in [0.1, 0.15) is 18.5 Å². The Balaban J connectivity index is 1.47. The van der Waals surface area contributed by atoms with Crippen LogP contribution < -0.4 is 4.90 Å². The van der Waals surface area contributed by atoms with E-state index in [2.05, 4.69) is 57.3 Å². The normalized spacial score (nSPS) is 14.8. The maximum Gasteiger partial charge on any atom is 0.0736 e. The van der Waals surface area contributed by atoms with Gasteiger partial charge in [0.15, 0.2) is 0 Å². The fourth-order valence-electron chi connectivity index (χ4n) is 2.99. The highest BCUT2D eigenvalue weighted by atomic mass is 32.2. The lowest BCUT2D eigenvalue weighted by Crippen LogP contribution is -2.17. The van der Waals surface area contributed by atoms with Gasteiger partial charge in [-0.2, -0.15) is 0 Å². The second kappa shape index (κ2) is 6.05. The van der Waals surface area contributed by atoms with Crippen molar-refractivity contribution >= 4 is 28.4 Å². The van der Waals surface area contributed by atoms with Crippen molar-refractivity contribution in [1.82, 2.24) is 9.97 Å². The van der Waals surface area contributed by atoms with Crippen molar-refractivity contribution in [2.24, 2.45) is 0 Å². The number of pyridine rings is 1. The van der Waals surface area contributed by atoms with Crippen LogP contribution in [0.15, 0.2) is 53.7 Å². The van der Waals surface area contributed by atoms with Crippen LogP contribution in [0.5, 0.6) is 0 Å². The van der Waals surface area contributed by atoms with Crippen LogP contribution in [0.25, 0.3) is 10.9 Å². The first-order valence-corrected chi connectivity index (χ1v) is 8.77. The number of fused-ring (bicyclic) bond motifs is 1. The Bertz CT molecular complexity index is 742. The highest BCUT2D eigenvalue weighted by molar-refractivity contribution is 7.98. The zero-order chi connectivity index (χ0) is 14.8. The smallest absolute Gasteiger partial charge is 0.0736 e. The molecule has 0 amide bonds. The summed E-state index contributed by atoms with van der Waals surface area (Å²) in [4.78, 5) is 10.4. The number of hydrogen-bond acceptors (Lipinski definition) is 3. The number of aromatic nitrogens is 2. The van der Waals surface area contributed by atoms with E-state index in [-0.39, 0.29) is 0 Å². The molecule has 1 fully saturated rings. The predicted molar refractivity (Wildman–Crippen MR) is 93.5 cm³/mol. The monoisotopic (exact) mass is 309 g/mol. The van der Waals surface area contributed by atoms with E-state index in [0.717, 1.165) is 11.4 Å². The summed E-state index contributed by atoms with van der Waals surface area (Å²) in [5.41, 5.74) is 3.66. The number of H-pyrrole nitrogens is 1. The van der Waals surface area contributed by atoms with Gasteiger partial charge in [-0.15, -0.1) is 11.8 Å². The molecule has 4 heteroatoms. The lowest BCUT2D eigenvalue weighted by atomic mass is 10.3. The fraction of sp³-hybridized carbons (Fsp3) is 0.278.